The average Bonchev–Trinajstić information content (AvgIpc) is 3.38. The zero-order valence-corrected chi connectivity index (χ0v) is 17.5. The smallest absolute Gasteiger partial charge is 0.256 e. The summed E-state index contributed by atoms with van der Waals surface area (Å²) in [6, 6.07) is 15.9. The summed E-state index contributed by atoms with van der Waals surface area (Å²) in [7, 11) is 0. The molecule has 5 rings (SSSR count). The number of fused-ring (bicyclic) bond motifs is 1. The Hall–Kier alpha value is -3.06. The molecule has 1 unspecified atom stereocenters. The van der Waals surface area contributed by atoms with Gasteiger partial charge in [-0.2, -0.15) is 5.10 Å². The van der Waals surface area contributed by atoms with E-state index in [1.807, 2.05) is 63.8 Å². The summed E-state index contributed by atoms with van der Waals surface area (Å²) in [6.45, 7) is 2.16. The molecule has 0 bridgehead atoms. The third-order valence-electron chi connectivity index (χ3n) is 5.52. The van der Waals surface area contributed by atoms with E-state index in [0.29, 0.717) is 17.5 Å². The zero-order valence-electron chi connectivity index (χ0n) is 16.7. The van der Waals surface area contributed by atoms with Crippen molar-refractivity contribution in [2.45, 2.75) is 36.5 Å². The predicted molar refractivity (Wildman–Crippen MR) is 119 cm³/mol. The molecule has 1 N–H and O–H groups in total. The van der Waals surface area contributed by atoms with Gasteiger partial charge in [0.15, 0.2) is 0 Å². The summed E-state index contributed by atoms with van der Waals surface area (Å²) in [5.41, 5.74) is 2.63. The minimum absolute atomic E-state index is 0.114. The van der Waals surface area contributed by atoms with Crippen LogP contribution in [0.5, 0.6) is 0 Å². The van der Waals surface area contributed by atoms with Crippen LogP contribution in [0.2, 0.25) is 0 Å². The predicted octanol–water partition coefficient (Wildman–Crippen LogP) is 5.05. The van der Waals surface area contributed by atoms with Crippen LogP contribution >= 0.6 is 11.8 Å². The second-order valence-corrected chi connectivity index (χ2v) is 8.75. The van der Waals surface area contributed by atoms with E-state index < -0.39 is 0 Å². The number of nitrogens with one attached hydrogen (secondary N) is 1. The Bertz CT molecular complexity index is 1140. The molecule has 6 nitrogen and oxygen atoms in total. The van der Waals surface area contributed by atoms with Crippen LogP contribution in [-0.4, -0.2) is 25.1 Å². The SMILES string of the molecule is CC(C1CC1)n1nccc1NC(=O)c1ccc(SCc2cn3ccccc3n2)cc1. The molecular formula is C23H23N5OS. The molecule has 0 radical (unpaired) electrons. The molecule has 7 heteroatoms. The fraction of sp³-hybridized carbons (Fsp3) is 0.261. The normalized spacial score (nSPS) is 14.7. The van der Waals surface area contributed by atoms with E-state index in [2.05, 4.69) is 28.5 Å². The lowest BCUT2D eigenvalue weighted by atomic mass is 10.2. The van der Waals surface area contributed by atoms with Crippen LogP contribution < -0.4 is 5.32 Å². The van der Waals surface area contributed by atoms with Gasteiger partial charge in [-0.05, 0) is 62.1 Å². The van der Waals surface area contributed by atoms with Crippen molar-refractivity contribution in [1.29, 1.82) is 0 Å². The molecule has 4 aromatic rings. The monoisotopic (exact) mass is 417 g/mol. The number of hydrogen-bond donors (Lipinski definition) is 1. The van der Waals surface area contributed by atoms with E-state index in [4.69, 9.17) is 0 Å². The molecular weight excluding hydrogens is 394 g/mol. The van der Waals surface area contributed by atoms with Crippen molar-refractivity contribution in [2.24, 2.45) is 5.92 Å². The number of thioether (sulfide) groups is 1. The van der Waals surface area contributed by atoms with E-state index in [-0.39, 0.29) is 5.91 Å². The van der Waals surface area contributed by atoms with E-state index in [1.165, 1.54) is 12.8 Å². The van der Waals surface area contributed by atoms with Gasteiger partial charge in [-0.1, -0.05) is 6.07 Å². The molecule has 0 aliphatic heterocycles. The van der Waals surface area contributed by atoms with Gasteiger partial charge in [-0.3, -0.25) is 4.79 Å². The number of carbonyl (C=O) groups excluding carboxylic acids is 1. The van der Waals surface area contributed by atoms with Crippen LogP contribution in [-0.2, 0) is 5.75 Å². The number of hydrogen-bond acceptors (Lipinski definition) is 4. The Morgan fingerprint density at radius 2 is 2.03 bits per heavy atom. The Morgan fingerprint density at radius 1 is 1.20 bits per heavy atom. The Morgan fingerprint density at radius 3 is 2.80 bits per heavy atom. The lowest BCUT2D eigenvalue weighted by Gasteiger charge is -2.15. The summed E-state index contributed by atoms with van der Waals surface area (Å²) in [5.74, 6) is 2.09. The standard InChI is InChI=1S/C23H23N5OS/c1-16(17-5-6-17)28-22(11-12-24-28)26-23(29)18-7-9-20(10-8-18)30-15-19-14-27-13-3-2-4-21(27)25-19/h2-4,7-14,16-17H,5-6,15H2,1H3,(H,26,29). The number of imidazole rings is 1. The first-order chi connectivity index (χ1) is 14.7. The van der Waals surface area contributed by atoms with Gasteiger partial charge in [0.1, 0.15) is 11.5 Å². The van der Waals surface area contributed by atoms with Crippen molar-refractivity contribution < 1.29 is 4.79 Å². The second kappa shape index (κ2) is 7.99. The number of amides is 1. The maximum Gasteiger partial charge on any atom is 0.256 e. The van der Waals surface area contributed by atoms with Gasteiger partial charge in [-0.15, -0.1) is 11.8 Å². The van der Waals surface area contributed by atoms with Crippen LogP contribution in [0.3, 0.4) is 0 Å². The van der Waals surface area contributed by atoms with Crippen LogP contribution in [0.4, 0.5) is 5.82 Å². The van der Waals surface area contributed by atoms with Crippen molar-refractivity contribution in [1.82, 2.24) is 19.2 Å². The molecule has 1 fully saturated rings. The Kier molecular flexibility index (Phi) is 5.04. The second-order valence-electron chi connectivity index (χ2n) is 7.70. The van der Waals surface area contributed by atoms with Gasteiger partial charge in [0, 0.05) is 34.7 Å². The zero-order chi connectivity index (χ0) is 20.5. The molecule has 1 atom stereocenters. The van der Waals surface area contributed by atoms with Crippen LogP contribution in [0.1, 0.15) is 41.9 Å². The molecule has 1 amide bonds. The fourth-order valence-corrected chi connectivity index (χ4v) is 4.40. The van der Waals surface area contributed by atoms with E-state index in [9.17, 15) is 4.79 Å². The van der Waals surface area contributed by atoms with Gasteiger partial charge in [-0.25, -0.2) is 9.67 Å². The number of anilines is 1. The first-order valence-corrected chi connectivity index (χ1v) is 11.2. The summed E-state index contributed by atoms with van der Waals surface area (Å²) in [4.78, 5) is 18.4. The highest BCUT2D eigenvalue weighted by Crippen LogP contribution is 2.40. The van der Waals surface area contributed by atoms with Crippen LogP contribution in [0.15, 0.2) is 72.0 Å². The first kappa shape index (κ1) is 18.9. The van der Waals surface area contributed by atoms with Gasteiger partial charge in [0.2, 0.25) is 0 Å². The van der Waals surface area contributed by atoms with Crippen molar-refractivity contribution in [2.75, 3.05) is 5.32 Å². The first-order valence-electron chi connectivity index (χ1n) is 10.2. The third kappa shape index (κ3) is 3.98. The topological polar surface area (TPSA) is 64.2 Å². The lowest BCUT2D eigenvalue weighted by Crippen LogP contribution is -2.18. The highest BCUT2D eigenvalue weighted by atomic mass is 32.2. The highest BCUT2D eigenvalue weighted by Gasteiger charge is 2.30. The van der Waals surface area contributed by atoms with Gasteiger partial charge >= 0.3 is 0 Å². The number of nitrogens with zero attached hydrogens (tertiary/aromatic N) is 4. The molecule has 3 heterocycles. The highest BCUT2D eigenvalue weighted by molar-refractivity contribution is 7.98. The maximum atomic E-state index is 12.7. The van der Waals surface area contributed by atoms with Gasteiger partial charge < -0.3 is 9.72 Å². The molecule has 3 aromatic heterocycles. The fourth-order valence-electron chi connectivity index (χ4n) is 3.62. The third-order valence-corrected chi connectivity index (χ3v) is 6.56. The summed E-state index contributed by atoms with van der Waals surface area (Å²) >= 11 is 1.71. The van der Waals surface area contributed by atoms with Crippen molar-refractivity contribution in [3.63, 3.8) is 0 Å². The minimum atomic E-state index is -0.114. The molecule has 1 aliphatic rings. The molecule has 0 spiro atoms. The van der Waals surface area contributed by atoms with E-state index >= 15 is 0 Å². The molecule has 30 heavy (non-hydrogen) atoms. The minimum Gasteiger partial charge on any atom is -0.307 e. The maximum absolute atomic E-state index is 12.7. The molecule has 1 aromatic carbocycles. The van der Waals surface area contributed by atoms with Crippen LogP contribution in [0, 0.1) is 5.92 Å². The Labute approximate surface area is 179 Å². The van der Waals surface area contributed by atoms with Crippen molar-refractivity contribution >= 4 is 29.1 Å². The number of rotatable bonds is 7. The largest absolute Gasteiger partial charge is 0.307 e. The number of benzene rings is 1. The quantitative estimate of drug-likeness (QED) is 0.428. The number of pyridine rings is 1. The van der Waals surface area contributed by atoms with Crippen molar-refractivity contribution in [3.05, 3.63) is 78.4 Å². The number of aromatic nitrogens is 4. The Balaban J connectivity index is 1.21. The summed E-state index contributed by atoms with van der Waals surface area (Å²) in [5, 5.41) is 7.40. The van der Waals surface area contributed by atoms with Crippen molar-refractivity contribution in [3.8, 4) is 0 Å². The summed E-state index contributed by atoms with van der Waals surface area (Å²) in [6.07, 6.45) is 8.27. The van der Waals surface area contributed by atoms with Gasteiger partial charge in [0.25, 0.3) is 5.91 Å². The molecule has 1 saturated carbocycles. The van der Waals surface area contributed by atoms with E-state index in [0.717, 1.165) is 27.8 Å². The summed E-state index contributed by atoms with van der Waals surface area (Å²) < 4.78 is 3.95. The van der Waals surface area contributed by atoms with Crippen LogP contribution in [0.25, 0.3) is 5.65 Å². The molecule has 1 aliphatic carbocycles. The molecule has 0 saturated heterocycles. The number of carbonyl (C=O) groups is 1. The average molecular weight is 418 g/mol. The lowest BCUT2D eigenvalue weighted by molar-refractivity contribution is 0.102. The van der Waals surface area contributed by atoms with E-state index in [1.54, 1.807) is 18.0 Å². The molecule has 152 valence electrons. The van der Waals surface area contributed by atoms with Gasteiger partial charge in [0.05, 0.1) is 17.9 Å².